The molecule has 4 heterocycles. The van der Waals surface area contributed by atoms with E-state index < -0.39 is 0 Å². The van der Waals surface area contributed by atoms with Gasteiger partial charge in [0.1, 0.15) is 22.3 Å². The van der Waals surface area contributed by atoms with Crippen LogP contribution in [-0.2, 0) is 0 Å². The SMILES string of the molecule is c1ccc2c(c1)B1c3ccccc3N(c3ccc4oc5c6ccccc6ccc5c4c3)c3cccc(c31)N2c1ccc2oc3c4ccccc4ccc3c2c1. The monoisotopic (exact) mass is 700 g/mol. The number of nitrogens with zero attached hydrogens (tertiary/aromatic N) is 2. The summed E-state index contributed by atoms with van der Waals surface area (Å²) in [4.78, 5) is 4.90. The van der Waals surface area contributed by atoms with Crippen molar-refractivity contribution in [3.63, 3.8) is 0 Å². The molecule has 4 nitrogen and oxygen atoms in total. The number of rotatable bonds is 2. The molecular weight excluding hydrogens is 671 g/mol. The molecule has 254 valence electrons. The zero-order valence-corrected chi connectivity index (χ0v) is 29.5. The van der Waals surface area contributed by atoms with Gasteiger partial charge in [0.05, 0.1) is 0 Å². The largest absolute Gasteiger partial charge is 0.455 e. The van der Waals surface area contributed by atoms with Gasteiger partial charge >= 0.3 is 0 Å². The van der Waals surface area contributed by atoms with Gasteiger partial charge in [0.25, 0.3) is 6.71 Å². The molecule has 0 amide bonds. The number of fused-ring (bicyclic) bond motifs is 14. The van der Waals surface area contributed by atoms with Crippen LogP contribution in [0.5, 0.6) is 0 Å². The predicted octanol–water partition coefficient (Wildman–Crippen LogP) is 11.9. The summed E-state index contributed by atoms with van der Waals surface area (Å²) in [5.41, 5.74) is 14.5. The summed E-state index contributed by atoms with van der Waals surface area (Å²) < 4.78 is 13.1. The first-order valence-electron chi connectivity index (χ1n) is 18.9. The van der Waals surface area contributed by atoms with E-state index in [0.29, 0.717) is 0 Å². The highest BCUT2D eigenvalue weighted by Crippen LogP contribution is 2.46. The first-order chi connectivity index (χ1) is 27.3. The number of anilines is 6. The van der Waals surface area contributed by atoms with E-state index in [9.17, 15) is 0 Å². The molecule has 2 aromatic heterocycles. The fourth-order valence-corrected chi connectivity index (χ4v) is 9.65. The summed E-state index contributed by atoms with van der Waals surface area (Å²) in [7, 11) is 0. The third-order valence-corrected chi connectivity index (χ3v) is 12.0. The Morgan fingerprint density at radius 2 is 0.800 bits per heavy atom. The van der Waals surface area contributed by atoms with Crippen molar-refractivity contribution >= 4 is 123 Å². The van der Waals surface area contributed by atoms with Gasteiger partial charge in [-0.15, -0.1) is 0 Å². The maximum atomic E-state index is 6.55. The van der Waals surface area contributed by atoms with Gasteiger partial charge in [-0.3, -0.25) is 0 Å². The van der Waals surface area contributed by atoms with Gasteiger partial charge in [-0.25, -0.2) is 0 Å². The standard InChI is InChI=1S/C50H29BN2O2/c1-3-12-34-30(10-1)20-24-36-38-28-32(22-26-46(38)54-49(34)36)52-42-16-7-5-14-40(42)51-41-15-6-8-17-43(41)53(45-19-9-18-44(52)48(45)51)33-23-27-47-39(29-33)37-25-21-31-11-2-4-13-35(31)50(37)55-47/h1-29H. The first kappa shape index (κ1) is 29.2. The molecule has 0 bridgehead atoms. The molecule has 2 aliphatic rings. The third-order valence-electron chi connectivity index (χ3n) is 12.0. The van der Waals surface area contributed by atoms with Gasteiger partial charge < -0.3 is 18.6 Å². The Balaban J connectivity index is 1.04. The lowest BCUT2D eigenvalue weighted by Crippen LogP contribution is -2.61. The van der Waals surface area contributed by atoms with Crippen molar-refractivity contribution in [3.05, 3.63) is 176 Å². The van der Waals surface area contributed by atoms with Crippen LogP contribution < -0.4 is 26.2 Å². The Labute approximate surface area is 316 Å². The number of hydrogen-bond acceptors (Lipinski definition) is 4. The smallest absolute Gasteiger partial charge is 0.252 e. The van der Waals surface area contributed by atoms with E-state index in [0.717, 1.165) is 66.0 Å². The molecule has 0 fully saturated rings. The van der Waals surface area contributed by atoms with Gasteiger partial charge in [0.2, 0.25) is 0 Å². The van der Waals surface area contributed by atoms with Crippen LogP contribution in [0.4, 0.5) is 34.1 Å². The Morgan fingerprint density at radius 3 is 1.33 bits per heavy atom. The molecule has 0 spiro atoms. The molecule has 0 saturated heterocycles. The van der Waals surface area contributed by atoms with Crippen LogP contribution in [0.3, 0.4) is 0 Å². The van der Waals surface area contributed by atoms with Crippen LogP contribution >= 0.6 is 0 Å². The highest BCUT2D eigenvalue weighted by molar-refractivity contribution is 7.00. The molecule has 0 saturated carbocycles. The molecule has 5 heteroatoms. The second-order valence-corrected chi connectivity index (χ2v) is 14.8. The molecule has 9 aromatic carbocycles. The molecule has 0 unspecified atom stereocenters. The molecule has 55 heavy (non-hydrogen) atoms. The normalized spacial score (nSPS) is 13.3. The van der Waals surface area contributed by atoms with E-state index in [4.69, 9.17) is 8.83 Å². The topological polar surface area (TPSA) is 32.8 Å². The number of hydrogen-bond donors (Lipinski definition) is 0. The van der Waals surface area contributed by atoms with E-state index in [-0.39, 0.29) is 6.71 Å². The summed E-state index contributed by atoms with van der Waals surface area (Å²) in [6.45, 7) is 0.0702. The third kappa shape index (κ3) is 3.91. The minimum absolute atomic E-state index is 0.0702. The molecule has 0 aliphatic carbocycles. The fourth-order valence-electron chi connectivity index (χ4n) is 9.65. The molecule has 13 rings (SSSR count). The van der Waals surface area contributed by atoms with Crippen molar-refractivity contribution in [2.75, 3.05) is 9.80 Å². The van der Waals surface area contributed by atoms with Gasteiger partial charge in [0.15, 0.2) is 0 Å². The van der Waals surface area contributed by atoms with Gasteiger partial charge in [-0.1, -0.05) is 103 Å². The second kappa shape index (κ2) is 10.7. The second-order valence-electron chi connectivity index (χ2n) is 14.8. The molecular formula is C50H29BN2O2. The first-order valence-corrected chi connectivity index (χ1v) is 18.9. The van der Waals surface area contributed by atoms with E-state index in [1.54, 1.807) is 0 Å². The van der Waals surface area contributed by atoms with Gasteiger partial charge in [0, 0.05) is 66.4 Å². The molecule has 11 aromatic rings. The highest BCUT2D eigenvalue weighted by Gasteiger charge is 2.43. The Kier molecular flexibility index (Phi) is 5.68. The van der Waals surface area contributed by atoms with E-state index >= 15 is 0 Å². The predicted molar refractivity (Wildman–Crippen MR) is 230 cm³/mol. The Bertz CT molecular complexity index is 3210. The highest BCUT2D eigenvalue weighted by atomic mass is 16.3. The molecule has 0 atom stereocenters. The fraction of sp³-hybridized carbons (Fsp3) is 0. The minimum Gasteiger partial charge on any atom is -0.455 e. The quantitative estimate of drug-likeness (QED) is 0.168. The van der Waals surface area contributed by atoms with E-state index in [1.807, 2.05) is 0 Å². The maximum Gasteiger partial charge on any atom is 0.252 e. The summed E-state index contributed by atoms with van der Waals surface area (Å²) >= 11 is 0. The van der Waals surface area contributed by atoms with E-state index in [2.05, 4.69) is 186 Å². The number of furan rings is 2. The van der Waals surface area contributed by atoms with Crippen molar-refractivity contribution in [3.8, 4) is 0 Å². The minimum atomic E-state index is 0.0702. The zero-order valence-electron chi connectivity index (χ0n) is 29.5. The average Bonchev–Trinajstić information content (AvgIpc) is 3.82. The summed E-state index contributed by atoms with van der Waals surface area (Å²) in [5, 5.41) is 9.11. The lowest BCUT2D eigenvalue weighted by atomic mass is 9.33. The number of benzene rings is 9. The summed E-state index contributed by atoms with van der Waals surface area (Å²) in [5.74, 6) is 0. The zero-order chi connectivity index (χ0) is 35.8. The van der Waals surface area contributed by atoms with Crippen LogP contribution in [0.15, 0.2) is 185 Å². The summed E-state index contributed by atoms with van der Waals surface area (Å²) in [6, 6.07) is 63.7. The van der Waals surface area contributed by atoms with Crippen molar-refractivity contribution in [2.24, 2.45) is 0 Å². The van der Waals surface area contributed by atoms with E-state index in [1.165, 1.54) is 49.9 Å². The molecule has 0 radical (unpaired) electrons. The van der Waals surface area contributed by atoms with Crippen LogP contribution in [0, 0.1) is 0 Å². The summed E-state index contributed by atoms with van der Waals surface area (Å²) in [6.07, 6.45) is 0. The lowest BCUT2D eigenvalue weighted by molar-refractivity contribution is 0.672. The Hall–Kier alpha value is -7.24. The van der Waals surface area contributed by atoms with Gasteiger partial charge in [-0.05, 0) is 100.0 Å². The van der Waals surface area contributed by atoms with Crippen molar-refractivity contribution in [2.45, 2.75) is 0 Å². The van der Waals surface area contributed by atoms with Gasteiger partial charge in [-0.2, -0.15) is 0 Å². The van der Waals surface area contributed by atoms with Crippen LogP contribution in [0.2, 0.25) is 0 Å². The lowest BCUT2D eigenvalue weighted by Gasteiger charge is -2.44. The van der Waals surface area contributed by atoms with Crippen LogP contribution in [0.25, 0.3) is 65.4 Å². The van der Waals surface area contributed by atoms with Crippen molar-refractivity contribution in [1.29, 1.82) is 0 Å². The van der Waals surface area contributed by atoms with Crippen molar-refractivity contribution in [1.82, 2.24) is 0 Å². The molecule has 2 aliphatic heterocycles. The Morgan fingerprint density at radius 1 is 0.345 bits per heavy atom. The van der Waals surface area contributed by atoms with Crippen LogP contribution in [-0.4, -0.2) is 6.71 Å². The average molecular weight is 701 g/mol. The van der Waals surface area contributed by atoms with Crippen molar-refractivity contribution < 1.29 is 8.83 Å². The van der Waals surface area contributed by atoms with Crippen LogP contribution in [0.1, 0.15) is 0 Å². The maximum absolute atomic E-state index is 6.55. The molecule has 0 N–H and O–H groups in total. The number of para-hydroxylation sites is 2.